The van der Waals surface area contributed by atoms with Gasteiger partial charge in [0.1, 0.15) is 0 Å². The first-order chi connectivity index (χ1) is 10.5. The monoisotopic (exact) mass is 301 g/mol. The quantitative estimate of drug-likeness (QED) is 0.924. The van der Waals surface area contributed by atoms with Crippen LogP contribution in [-0.2, 0) is 4.79 Å². The molecule has 2 heterocycles. The van der Waals surface area contributed by atoms with E-state index >= 15 is 0 Å². The zero-order valence-corrected chi connectivity index (χ0v) is 12.5. The molecule has 1 N–H and O–H groups in total. The van der Waals surface area contributed by atoms with Crippen LogP contribution >= 0.6 is 0 Å². The molecule has 6 nitrogen and oxygen atoms in total. The number of carbonyl (C=O) groups excluding carboxylic acids is 1. The second-order valence-electron chi connectivity index (χ2n) is 5.83. The average molecular weight is 301 g/mol. The summed E-state index contributed by atoms with van der Waals surface area (Å²) in [4.78, 5) is 25.0. The summed E-state index contributed by atoms with van der Waals surface area (Å²) in [5.74, 6) is -1.37. The normalized spacial score (nSPS) is 21.1. The van der Waals surface area contributed by atoms with Gasteiger partial charge in [-0.25, -0.2) is 0 Å². The number of carbonyl (C=O) groups is 2. The molecule has 1 fully saturated rings. The van der Waals surface area contributed by atoms with Gasteiger partial charge in [0.15, 0.2) is 0 Å². The van der Waals surface area contributed by atoms with Crippen molar-refractivity contribution in [3.05, 3.63) is 29.8 Å². The number of rotatable bonds is 3. The third kappa shape index (κ3) is 2.81. The Bertz CT molecular complexity index is 624. The minimum absolute atomic E-state index is 0.101. The number of amides is 1. The summed E-state index contributed by atoms with van der Waals surface area (Å²) in [5, 5.41) is 15.4. The van der Waals surface area contributed by atoms with Crippen molar-refractivity contribution in [2.45, 2.75) is 19.8 Å². The van der Waals surface area contributed by atoms with Crippen LogP contribution < -0.4 is 5.01 Å². The number of aliphatic carboxylic acids is 1. The van der Waals surface area contributed by atoms with E-state index in [2.05, 4.69) is 5.10 Å². The number of likely N-dealkylation sites (tertiary alicyclic amines) is 1. The van der Waals surface area contributed by atoms with Crippen LogP contribution in [0.1, 0.15) is 30.1 Å². The summed E-state index contributed by atoms with van der Waals surface area (Å²) >= 11 is 0. The number of nitrogens with zero attached hydrogens (tertiary/aromatic N) is 3. The van der Waals surface area contributed by atoms with Crippen molar-refractivity contribution >= 4 is 23.3 Å². The number of hydrogen-bond donors (Lipinski definition) is 1. The van der Waals surface area contributed by atoms with E-state index in [1.165, 1.54) is 0 Å². The Kier molecular flexibility index (Phi) is 3.83. The molecule has 1 unspecified atom stereocenters. The maximum absolute atomic E-state index is 12.4. The van der Waals surface area contributed by atoms with E-state index in [0.717, 1.165) is 24.4 Å². The standard InChI is InChI=1S/C16H19N3O3/c1-11-6-9-19(17-11)14-4-2-12(3-5-14)15(20)18-8-7-13(10-18)16(21)22/h2-5,13H,6-10H2,1H3,(H,21,22). The highest BCUT2D eigenvalue weighted by molar-refractivity contribution is 5.95. The van der Waals surface area contributed by atoms with Crippen molar-refractivity contribution in [3.63, 3.8) is 0 Å². The molecule has 0 saturated carbocycles. The van der Waals surface area contributed by atoms with Gasteiger partial charge < -0.3 is 10.0 Å². The van der Waals surface area contributed by atoms with E-state index < -0.39 is 11.9 Å². The van der Waals surface area contributed by atoms with Gasteiger partial charge in [-0.15, -0.1) is 0 Å². The van der Waals surface area contributed by atoms with Gasteiger partial charge in [0.25, 0.3) is 5.91 Å². The Labute approximate surface area is 129 Å². The predicted octanol–water partition coefficient (Wildman–Crippen LogP) is 1.82. The molecule has 0 spiro atoms. The van der Waals surface area contributed by atoms with Gasteiger partial charge in [0, 0.05) is 37.3 Å². The average Bonchev–Trinajstić information content (AvgIpc) is 3.16. The van der Waals surface area contributed by atoms with Gasteiger partial charge in [-0.1, -0.05) is 0 Å². The van der Waals surface area contributed by atoms with Gasteiger partial charge >= 0.3 is 5.97 Å². The Balaban J connectivity index is 1.68. The van der Waals surface area contributed by atoms with E-state index in [1.807, 2.05) is 24.1 Å². The van der Waals surface area contributed by atoms with Crippen LogP contribution in [0, 0.1) is 5.92 Å². The zero-order valence-electron chi connectivity index (χ0n) is 12.5. The molecule has 0 bridgehead atoms. The van der Waals surface area contributed by atoms with E-state index in [4.69, 9.17) is 5.11 Å². The lowest BCUT2D eigenvalue weighted by molar-refractivity contribution is -0.141. The molecule has 1 amide bonds. The number of carboxylic acids is 1. The largest absolute Gasteiger partial charge is 0.481 e. The Morgan fingerprint density at radius 1 is 1.23 bits per heavy atom. The number of anilines is 1. The summed E-state index contributed by atoms with van der Waals surface area (Å²) in [5.41, 5.74) is 2.67. The molecular formula is C16H19N3O3. The lowest BCUT2D eigenvalue weighted by atomic mass is 10.1. The fourth-order valence-electron chi connectivity index (χ4n) is 2.87. The first kappa shape index (κ1) is 14.6. The molecule has 2 aliphatic rings. The van der Waals surface area contributed by atoms with Crippen LogP contribution in [0.15, 0.2) is 29.4 Å². The summed E-state index contributed by atoms with van der Waals surface area (Å²) < 4.78 is 0. The SMILES string of the molecule is CC1=NN(c2ccc(C(=O)N3CCC(C(=O)O)C3)cc2)CC1. The highest BCUT2D eigenvalue weighted by Crippen LogP contribution is 2.22. The summed E-state index contributed by atoms with van der Waals surface area (Å²) in [6, 6.07) is 7.35. The summed E-state index contributed by atoms with van der Waals surface area (Å²) in [6.45, 7) is 3.67. The van der Waals surface area contributed by atoms with Crippen molar-refractivity contribution in [1.29, 1.82) is 0 Å². The van der Waals surface area contributed by atoms with Crippen molar-refractivity contribution in [3.8, 4) is 0 Å². The van der Waals surface area contributed by atoms with Gasteiger partial charge in [-0.2, -0.15) is 5.10 Å². The van der Waals surface area contributed by atoms with Crippen molar-refractivity contribution in [2.24, 2.45) is 11.0 Å². The molecule has 1 saturated heterocycles. The molecular weight excluding hydrogens is 282 g/mol. The number of carboxylic acid groups (broad SMARTS) is 1. The Morgan fingerprint density at radius 2 is 1.95 bits per heavy atom. The van der Waals surface area contributed by atoms with Crippen LogP contribution in [0.2, 0.25) is 0 Å². The zero-order chi connectivity index (χ0) is 15.7. The Hall–Kier alpha value is -2.37. The van der Waals surface area contributed by atoms with Gasteiger partial charge in [0.05, 0.1) is 11.6 Å². The minimum atomic E-state index is -0.826. The molecule has 0 radical (unpaired) electrons. The highest BCUT2D eigenvalue weighted by atomic mass is 16.4. The summed E-state index contributed by atoms with van der Waals surface area (Å²) in [7, 11) is 0. The molecule has 22 heavy (non-hydrogen) atoms. The van der Waals surface area contributed by atoms with E-state index in [-0.39, 0.29) is 5.91 Å². The topological polar surface area (TPSA) is 73.2 Å². The second-order valence-corrected chi connectivity index (χ2v) is 5.83. The van der Waals surface area contributed by atoms with Crippen molar-refractivity contribution < 1.29 is 14.7 Å². The lowest BCUT2D eigenvalue weighted by Gasteiger charge is -2.17. The smallest absolute Gasteiger partial charge is 0.308 e. The molecule has 0 aliphatic carbocycles. The summed E-state index contributed by atoms with van der Waals surface area (Å²) in [6.07, 6.45) is 1.49. The van der Waals surface area contributed by atoms with Gasteiger partial charge in [-0.05, 0) is 37.6 Å². The highest BCUT2D eigenvalue weighted by Gasteiger charge is 2.31. The first-order valence-corrected chi connectivity index (χ1v) is 7.48. The molecule has 116 valence electrons. The fraction of sp³-hybridized carbons (Fsp3) is 0.438. The van der Waals surface area contributed by atoms with Crippen LogP contribution in [0.25, 0.3) is 0 Å². The third-order valence-corrected chi connectivity index (χ3v) is 4.21. The van der Waals surface area contributed by atoms with Crippen LogP contribution in [-0.4, -0.2) is 47.2 Å². The van der Waals surface area contributed by atoms with Gasteiger partial charge in [-0.3, -0.25) is 14.6 Å². The molecule has 3 rings (SSSR count). The number of hydrazone groups is 1. The van der Waals surface area contributed by atoms with E-state index in [0.29, 0.717) is 25.1 Å². The molecule has 6 heteroatoms. The molecule has 2 aliphatic heterocycles. The molecule has 1 aromatic carbocycles. The molecule has 0 aromatic heterocycles. The van der Waals surface area contributed by atoms with Crippen LogP contribution in [0.5, 0.6) is 0 Å². The molecule has 1 atom stereocenters. The van der Waals surface area contributed by atoms with Crippen LogP contribution in [0.4, 0.5) is 5.69 Å². The lowest BCUT2D eigenvalue weighted by Crippen LogP contribution is -2.29. The van der Waals surface area contributed by atoms with E-state index in [1.54, 1.807) is 17.0 Å². The van der Waals surface area contributed by atoms with Gasteiger partial charge in [0.2, 0.25) is 0 Å². The minimum Gasteiger partial charge on any atom is -0.481 e. The maximum Gasteiger partial charge on any atom is 0.308 e. The number of hydrogen-bond acceptors (Lipinski definition) is 4. The first-order valence-electron chi connectivity index (χ1n) is 7.48. The third-order valence-electron chi connectivity index (χ3n) is 4.21. The van der Waals surface area contributed by atoms with Crippen molar-refractivity contribution in [1.82, 2.24) is 4.90 Å². The number of benzene rings is 1. The fourth-order valence-corrected chi connectivity index (χ4v) is 2.87. The molecule has 1 aromatic rings. The predicted molar refractivity (Wildman–Crippen MR) is 83.2 cm³/mol. The van der Waals surface area contributed by atoms with Crippen LogP contribution in [0.3, 0.4) is 0 Å². The Morgan fingerprint density at radius 3 is 2.50 bits per heavy atom. The van der Waals surface area contributed by atoms with E-state index in [9.17, 15) is 9.59 Å². The van der Waals surface area contributed by atoms with Crippen molar-refractivity contribution in [2.75, 3.05) is 24.6 Å². The second kappa shape index (κ2) is 5.79. The maximum atomic E-state index is 12.4.